The van der Waals surface area contributed by atoms with E-state index in [4.69, 9.17) is 9.72 Å². The molecule has 1 aliphatic heterocycles. The van der Waals surface area contributed by atoms with Gasteiger partial charge in [-0.05, 0) is 55.2 Å². The maximum Gasteiger partial charge on any atom is 0.135 e. The van der Waals surface area contributed by atoms with Gasteiger partial charge in [0, 0.05) is 62.0 Å². The average Bonchev–Trinajstić information content (AvgIpc) is 3.50. The summed E-state index contributed by atoms with van der Waals surface area (Å²) in [6.07, 6.45) is 3.59. The van der Waals surface area contributed by atoms with Gasteiger partial charge in [-0.2, -0.15) is 12.1 Å². The number of para-hydroxylation sites is 1. The standard InChI is InChI=1S/C34H23N6O.Pt/c1-22-23(2)38-21-39(29-12-4-3-11-28(29)34(38)37-22)24-9-7-10-25(19-24)41-26-15-16-27-31(20-26)40(32-14-5-6-17-35-32)30-13-8-18-36-33(27)30;/h3-18,21H,1-2H3;/q-3;. The number of anilines is 2. The third-order valence-corrected chi connectivity index (χ3v) is 7.54. The van der Waals surface area contributed by atoms with Crippen molar-refractivity contribution < 1.29 is 25.8 Å². The number of nitrogens with zero attached hydrogens (tertiary/aromatic N) is 6. The normalized spacial score (nSPS) is 12.0. The van der Waals surface area contributed by atoms with Crippen LogP contribution in [0.15, 0.2) is 97.3 Å². The SMILES string of the molecule is Cc1nc2n(c1C)[CH-]N(c1[c-]c(Oc3[c-]c4c(cc3)c3ncccc3n4-c3ccccn3)ccc1)c1ccccc1-2.[Pt]. The Bertz CT molecular complexity index is 2100. The van der Waals surface area contributed by atoms with E-state index in [2.05, 4.69) is 61.9 Å². The first kappa shape index (κ1) is 26.1. The molecule has 0 aliphatic carbocycles. The van der Waals surface area contributed by atoms with Crippen LogP contribution in [0.2, 0.25) is 0 Å². The Morgan fingerprint density at radius 3 is 2.50 bits per heavy atom. The Kier molecular flexibility index (Phi) is 6.32. The van der Waals surface area contributed by atoms with Gasteiger partial charge in [-0.3, -0.25) is 4.98 Å². The molecule has 0 unspecified atom stereocenters. The Morgan fingerprint density at radius 2 is 1.62 bits per heavy atom. The van der Waals surface area contributed by atoms with E-state index >= 15 is 0 Å². The molecular weight excluding hydrogens is 703 g/mol. The van der Waals surface area contributed by atoms with Crippen LogP contribution in [0.4, 0.5) is 11.4 Å². The van der Waals surface area contributed by atoms with E-state index in [0.29, 0.717) is 11.5 Å². The minimum Gasteiger partial charge on any atom is -0.509 e. The molecule has 3 aromatic carbocycles. The predicted octanol–water partition coefficient (Wildman–Crippen LogP) is 7.56. The first-order valence-electron chi connectivity index (χ1n) is 13.4. The van der Waals surface area contributed by atoms with Crippen LogP contribution < -0.4 is 9.64 Å². The summed E-state index contributed by atoms with van der Waals surface area (Å²) in [6.45, 7) is 6.20. The number of aryl methyl sites for hydroxylation is 1. The molecule has 0 saturated carbocycles. The Labute approximate surface area is 257 Å². The van der Waals surface area contributed by atoms with Crippen molar-refractivity contribution >= 4 is 33.3 Å². The van der Waals surface area contributed by atoms with Crippen molar-refractivity contribution in [1.82, 2.24) is 24.1 Å². The zero-order chi connectivity index (χ0) is 27.5. The molecule has 0 spiro atoms. The first-order valence-corrected chi connectivity index (χ1v) is 13.4. The molecule has 0 saturated heterocycles. The fourth-order valence-corrected chi connectivity index (χ4v) is 5.48. The van der Waals surface area contributed by atoms with Crippen molar-refractivity contribution in [3.05, 3.63) is 128 Å². The molecular formula is C34H23N6OPt-3. The van der Waals surface area contributed by atoms with Crippen LogP contribution in [-0.2, 0) is 21.1 Å². The van der Waals surface area contributed by atoms with Crippen LogP contribution in [0, 0.1) is 32.6 Å². The molecule has 0 atom stereocenters. The van der Waals surface area contributed by atoms with Gasteiger partial charge in [-0.1, -0.05) is 53.5 Å². The number of aromatic nitrogens is 5. The van der Waals surface area contributed by atoms with E-state index < -0.39 is 0 Å². The molecule has 0 N–H and O–H groups in total. The fraction of sp³-hybridized carbons (Fsp3) is 0.0588. The van der Waals surface area contributed by atoms with Gasteiger partial charge in [-0.25, -0.2) is 4.98 Å². The monoisotopic (exact) mass is 726 g/mol. The molecule has 208 valence electrons. The summed E-state index contributed by atoms with van der Waals surface area (Å²) in [6, 6.07) is 34.9. The smallest absolute Gasteiger partial charge is 0.135 e. The molecule has 0 radical (unpaired) electrons. The second kappa shape index (κ2) is 10.2. The van der Waals surface area contributed by atoms with Gasteiger partial charge in [0.05, 0.1) is 5.52 Å². The van der Waals surface area contributed by atoms with Gasteiger partial charge in [0.1, 0.15) is 5.82 Å². The number of pyridine rings is 2. The van der Waals surface area contributed by atoms with Crippen LogP contribution in [0.25, 0.3) is 39.1 Å². The van der Waals surface area contributed by atoms with E-state index in [1.807, 2.05) is 79.7 Å². The van der Waals surface area contributed by atoms with E-state index in [-0.39, 0.29) is 21.1 Å². The van der Waals surface area contributed by atoms with Crippen molar-refractivity contribution in [3.63, 3.8) is 0 Å². The number of ether oxygens (including phenoxy) is 1. The van der Waals surface area contributed by atoms with Crippen LogP contribution in [0.3, 0.4) is 0 Å². The number of fused-ring (bicyclic) bond motifs is 6. The van der Waals surface area contributed by atoms with Crippen molar-refractivity contribution in [2.45, 2.75) is 13.8 Å². The van der Waals surface area contributed by atoms with E-state index in [9.17, 15) is 0 Å². The minimum absolute atomic E-state index is 0. The molecule has 8 rings (SSSR count). The third-order valence-electron chi connectivity index (χ3n) is 7.54. The van der Waals surface area contributed by atoms with Crippen molar-refractivity contribution in [2.24, 2.45) is 0 Å². The van der Waals surface area contributed by atoms with Crippen molar-refractivity contribution in [2.75, 3.05) is 4.90 Å². The summed E-state index contributed by atoms with van der Waals surface area (Å²) >= 11 is 0. The molecule has 0 fully saturated rings. The minimum atomic E-state index is 0. The zero-order valence-electron chi connectivity index (χ0n) is 22.7. The quantitative estimate of drug-likeness (QED) is 0.175. The Balaban J connectivity index is 0.00000288. The number of imidazole rings is 1. The van der Waals surface area contributed by atoms with Gasteiger partial charge in [0.25, 0.3) is 0 Å². The van der Waals surface area contributed by atoms with E-state index in [1.54, 1.807) is 12.4 Å². The number of benzene rings is 3. The maximum absolute atomic E-state index is 6.37. The maximum atomic E-state index is 6.37. The summed E-state index contributed by atoms with van der Waals surface area (Å²) in [5.41, 5.74) is 7.80. The fourth-order valence-electron chi connectivity index (χ4n) is 5.48. The summed E-state index contributed by atoms with van der Waals surface area (Å²) in [4.78, 5) is 16.2. The molecule has 1 aliphatic rings. The Morgan fingerprint density at radius 1 is 0.786 bits per heavy atom. The summed E-state index contributed by atoms with van der Waals surface area (Å²) in [5, 5.41) is 0.984. The molecule has 7 aromatic rings. The van der Waals surface area contributed by atoms with Gasteiger partial charge in [0.2, 0.25) is 0 Å². The van der Waals surface area contributed by atoms with Crippen LogP contribution in [0.5, 0.6) is 11.5 Å². The van der Waals surface area contributed by atoms with Gasteiger partial charge >= 0.3 is 0 Å². The molecule has 5 heterocycles. The van der Waals surface area contributed by atoms with Crippen LogP contribution >= 0.6 is 0 Å². The second-order valence-corrected chi connectivity index (χ2v) is 9.96. The zero-order valence-corrected chi connectivity index (χ0v) is 25.0. The second-order valence-electron chi connectivity index (χ2n) is 9.96. The molecule has 8 heteroatoms. The van der Waals surface area contributed by atoms with Gasteiger partial charge < -0.3 is 23.8 Å². The topological polar surface area (TPSA) is 61.0 Å². The summed E-state index contributed by atoms with van der Waals surface area (Å²) in [7, 11) is 0. The Hall–Kier alpha value is -4.87. The van der Waals surface area contributed by atoms with Crippen molar-refractivity contribution in [1.29, 1.82) is 0 Å². The van der Waals surface area contributed by atoms with Crippen LogP contribution in [-0.4, -0.2) is 24.1 Å². The summed E-state index contributed by atoms with van der Waals surface area (Å²) < 4.78 is 10.6. The van der Waals surface area contributed by atoms with E-state index in [0.717, 1.165) is 61.9 Å². The van der Waals surface area contributed by atoms with E-state index in [1.165, 1.54) is 0 Å². The first-order chi connectivity index (χ1) is 20.2. The molecule has 7 nitrogen and oxygen atoms in total. The van der Waals surface area contributed by atoms with Gasteiger partial charge in [-0.15, -0.1) is 30.3 Å². The number of hydrogen-bond donors (Lipinski definition) is 0. The van der Waals surface area contributed by atoms with Crippen molar-refractivity contribution in [3.8, 4) is 28.7 Å². The largest absolute Gasteiger partial charge is 0.509 e. The molecule has 4 aromatic heterocycles. The number of hydrogen-bond acceptors (Lipinski definition) is 5. The van der Waals surface area contributed by atoms with Gasteiger partial charge in [0.15, 0.2) is 0 Å². The predicted molar refractivity (Wildman–Crippen MR) is 160 cm³/mol. The molecule has 42 heavy (non-hydrogen) atoms. The summed E-state index contributed by atoms with van der Waals surface area (Å²) in [5.74, 6) is 2.91. The third kappa shape index (κ3) is 4.08. The number of rotatable bonds is 4. The molecule has 0 amide bonds. The molecule has 0 bridgehead atoms. The van der Waals surface area contributed by atoms with Crippen LogP contribution in [0.1, 0.15) is 11.4 Å². The average molecular weight is 727 g/mol.